The number of nitrogens with zero attached hydrogens (tertiary/aromatic N) is 5. The third kappa shape index (κ3) is 7.73. The first kappa shape index (κ1) is 33.1. The molecule has 0 spiro atoms. The number of ether oxygens (including phenoxy) is 2. The van der Waals surface area contributed by atoms with Gasteiger partial charge in [0.05, 0.1) is 24.1 Å². The largest absolute Gasteiger partial charge is 0.493 e. The Morgan fingerprint density at radius 3 is 2.28 bits per heavy atom. The molecule has 1 saturated heterocycles. The van der Waals surface area contributed by atoms with Crippen molar-refractivity contribution in [1.82, 2.24) is 20.0 Å². The lowest BCUT2D eigenvalue weighted by molar-refractivity contribution is -0.160. The van der Waals surface area contributed by atoms with Crippen molar-refractivity contribution in [2.24, 2.45) is 12.5 Å². The summed E-state index contributed by atoms with van der Waals surface area (Å²) >= 11 is 0. The molecule has 244 valence electrons. The summed E-state index contributed by atoms with van der Waals surface area (Å²) in [5.41, 5.74) is 5.21. The highest BCUT2D eigenvalue weighted by Gasteiger charge is 2.37. The van der Waals surface area contributed by atoms with Crippen molar-refractivity contribution < 1.29 is 23.8 Å². The maximum atomic E-state index is 13.3. The first-order chi connectivity index (χ1) is 21.7. The van der Waals surface area contributed by atoms with Gasteiger partial charge in [0.1, 0.15) is 23.0 Å². The van der Waals surface area contributed by atoms with Gasteiger partial charge in [-0.15, -0.1) is 5.10 Å². The number of halogens is 1. The number of carboxylic acids is 1. The Bertz CT molecular complexity index is 1670. The highest BCUT2D eigenvalue weighted by molar-refractivity contribution is 5.94. The van der Waals surface area contributed by atoms with Crippen molar-refractivity contribution in [3.8, 4) is 28.3 Å². The fourth-order valence-electron chi connectivity index (χ4n) is 5.84. The van der Waals surface area contributed by atoms with Gasteiger partial charge in [0.2, 0.25) is 0 Å². The van der Waals surface area contributed by atoms with E-state index in [9.17, 15) is 14.3 Å². The predicted molar refractivity (Wildman–Crippen MR) is 176 cm³/mol. The van der Waals surface area contributed by atoms with E-state index in [-0.39, 0.29) is 11.2 Å². The summed E-state index contributed by atoms with van der Waals surface area (Å²) in [5.74, 6) is -0.642. The normalized spacial score (nSPS) is 15.5. The minimum absolute atomic E-state index is 0.174. The summed E-state index contributed by atoms with van der Waals surface area (Å²) in [5, 5.41) is 19.2. The van der Waals surface area contributed by atoms with E-state index in [2.05, 4.69) is 29.1 Å². The van der Waals surface area contributed by atoms with Crippen LogP contribution >= 0.6 is 0 Å². The Labute approximate surface area is 270 Å². The molecule has 1 aliphatic rings. The average Bonchev–Trinajstić information content (AvgIpc) is 3.42. The van der Waals surface area contributed by atoms with Crippen LogP contribution in [-0.4, -0.2) is 56.4 Å². The second-order valence-electron chi connectivity index (χ2n) is 13.8. The van der Waals surface area contributed by atoms with Gasteiger partial charge in [0.15, 0.2) is 6.10 Å². The fraction of sp³-hybridized carbons (Fsp3) is 0.444. The zero-order chi connectivity index (χ0) is 33.2. The monoisotopic (exact) mass is 629 g/mol. The van der Waals surface area contributed by atoms with Gasteiger partial charge in [-0.05, 0) is 81.3 Å². The first-order valence-corrected chi connectivity index (χ1v) is 15.8. The van der Waals surface area contributed by atoms with E-state index in [1.165, 1.54) is 12.1 Å². The summed E-state index contributed by atoms with van der Waals surface area (Å²) < 4.78 is 27.2. The summed E-state index contributed by atoms with van der Waals surface area (Å²) in [7, 11) is 1.81. The van der Waals surface area contributed by atoms with Gasteiger partial charge in [-0.3, -0.25) is 9.67 Å². The lowest BCUT2D eigenvalue weighted by atomic mass is 9.81. The number of hydrogen-bond donors (Lipinski definition) is 1. The number of anilines is 1. The Hall–Kier alpha value is -4.31. The minimum atomic E-state index is -1.24. The summed E-state index contributed by atoms with van der Waals surface area (Å²) in [6, 6.07) is 14.2. The zero-order valence-electron chi connectivity index (χ0n) is 27.8. The molecular formula is C36H44FN5O4. The Morgan fingerprint density at radius 1 is 1.07 bits per heavy atom. The lowest BCUT2D eigenvalue weighted by Crippen LogP contribution is -2.39. The molecule has 3 heterocycles. The molecule has 2 aromatic carbocycles. The van der Waals surface area contributed by atoms with E-state index >= 15 is 0 Å². The smallest absolute Gasteiger partial charge is 0.337 e. The van der Waals surface area contributed by atoms with Crippen molar-refractivity contribution in [1.29, 1.82) is 0 Å². The van der Waals surface area contributed by atoms with Gasteiger partial charge in [-0.25, -0.2) is 9.18 Å². The summed E-state index contributed by atoms with van der Waals surface area (Å²) in [6.45, 7) is 13.9. The van der Waals surface area contributed by atoms with E-state index in [0.29, 0.717) is 41.4 Å². The van der Waals surface area contributed by atoms with E-state index < -0.39 is 17.7 Å². The topological polar surface area (TPSA) is 103 Å². The SMILES string of the molecule is Cc1nc(-c2cn(C)nn2)c(-c2ccc(OCCc3ccc(F)cc3)cc2)c(N2CCC(C)(C)CC2)c1[C@H](OC(C)(C)C)C(=O)O. The van der Waals surface area contributed by atoms with Crippen LogP contribution in [0.2, 0.25) is 0 Å². The molecule has 9 nitrogen and oxygen atoms in total. The van der Waals surface area contributed by atoms with Gasteiger partial charge in [-0.2, -0.15) is 0 Å². The molecule has 1 aliphatic heterocycles. The van der Waals surface area contributed by atoms with Crippen LogP contribution in [0.3, 0.4) is 0 Å². The number of carbonyl (C=O) groups is 1. The molecule has 1 atom stereocenters. The van der Waals surface area contributed by atoms with Crippen molar-refractivity contribution in [2.75, 3.05) is 24.6 Å². The fourth-order valence-corrected chi connectivity index (χ4v) is 5.84. The lowest BCUT2D eigenvalue weighted by Gasteiger charge is -2.41. The molecule has 1 N–H and O–H groups in total. The maximum Gasteiger partial charge on any atom is 0.337 e. The van der Waals surface area contributed by atoms with Gasteiger partial charge in [0.25, 0.3) is 0 Å². The first-order valence-electron chi connectivity index (χ1n) is 15.8. The maximum absolute atomic E-state index is 13.3. The van der Waals surface area contributed by atoms with Crippen LogP contribution < -0.4 is 9.64 Å². The van der Waals surface area contributed by atoms with Crippen molar-refractivity contribution in [3.63, 3.8) is 0 Å². The van der Waals surface area contributed by atoms with Gasteiger partial charge in [-0.1, -0.05) is 43.3 Å². The van der Waals surface area contributed by atoms with Crippen molar-refractivity contribution in [2.45, 2.75) is 72.5 Å². The highest BCUT2D eigenvalue weighted by atomic mass is 19.1. The quantitative estimate of drug-likeness (QED) is 0.197. The number of benzene rings is 2. The Morgan fingerprint density at radius 2 is 1.72 bits per heavy atom. The number of rotatable bonds is 10. The molecule has 2 aromatic heterocycles. The highest BCUT2D eigenvalue weighted by Crippen LogP contribution is 2.47. The number of carboxylic acid groups (broad SMARTS) is 1. The van der Waals surface area contributed by atoms with Gasteiger partial charge >= 0.3 is 5.97 Å². The molecular weight excluding hydrogens is 585 g/mol. The van der Waals surface area contributed by atoms with E-state index in [0.717, 1.165) is 48.3 Å². The molecule has 0 unspecified atom stereocenters. The predicted octanol–water partition coefficient (Wildman–Crippen LogP) is 7.18. The van der Waals surface area contributed by atoms with Crippen LogP contribution in [0.1, 0.15) is 70.4 Å². The number of hydrogen-bond acceptors (Lipinski definition) is 7. The summed E-state index contributed by atoms with van der Waals surface area (Å²) in [6.07, 6.45) is 3.13. The average molecular weight is 630 g/mol. The van der Waals surface area contributed by atoms with Gasteiger partial charge in [0, 0.05) is 43.4 Å². The Balaban J connectivity index is 1.63. The number of aromatic nitrogens is 4. The van der Waals surface area contributed by atoms with Crippen LogP contribution in [0, 0.1) is 18.2 Å². The van der Waals surface area contributed by atoms with Crippen LogP contribution in [0.25, 0.3) is 22.5 Å². The number of pyridine rings is 1. The summed E-state index contributed by atoms with van der Waals surface area (Å²) in [4.78, 5) is 20.2. The minimum Gasteiger partial charge on any atom is -0.493 e. The molecule has 0 radical (unpaired) electrons. The van der Waals surface area contributed by atoms with Gasteiger partial charge < -0.3 is 19.5 Å². The molecule has 10 heteroatoms. The van der Waals surface area contributed by atoms with E-state index in [1.54, 1.807) is 23.9 Å². The molecule has 0 bridgehead atoms. The molecule has 0 amide bonds. The third-order valence-electron chi connectivity index (χ3n) is 8.35. The second kappa shape index (κ2) is 13.2. The van der Waals surface area contributed by atoms with E-state index in [4.69, 9.17) is 14.5 Å². The number of aryl methyl sites for hydroxylation is 2. The van der Waals surface area contributed by atoms with Crippen molar-refractivity contribution in [3.05, 3.63) is 77.4 Å². The zero-order valence-corrected chi connectivity index (χ0v) is 27.8. The Kier molecular flexibility index (Phi) is 9.49. The second-order valence-corrected chi connectivity index (χ2v) is 13.8. The third-order valence-corrected chi connectivity index (χ3v) is 8.35. The van der Waals surface area contributed by atoms with E-state index in [1.807, 2.05) is 58.2 Å². The molecule has 0 saturated carbocycles. The standard InChI is InChI=1S/C36H44FN5O4/c1-23-29(33(34(43)44)46-35(2,3)4)32(42-19-17-36(5,6)18-20-42)30(31(38-23)28-22-41(7)40-39-28)25-10-14-27(15-11-25)45-21-16-24-8-12-26(37)13-9-24/h8-15,22,33H,16-21H2,1-7H3,(H,43,44)/t33-/m0/s1. The number of aliphatic carboxylic acids is 1. The van der Waals surface area contributed by atoms with Crippen LogP contribution in [0.4, 0.5) is 10.1 Å². The number of piperidine rings is 1. The molecule has 46 heavy (non-hydrogen) atoms. The van der Waals surface area contributed by atoms with Crippen LogP contribution in [0.15, 0.2) is 54.7 Å². The molecule has 4 aromatic rings. The van der Waals surface area contributed by atoms with Crippen LogP contribution in [-0.2, 0) is 23.0 Å². The van der Waals surface area contributed by atoms with Crippen LogP contribution in [0.5, 0.6) is 5.75 Å². The molecule has 1 fully saturated rings. The molecule has 0 aliphatic carbocycles. The van der Waals surface area contributed by atoms with Crippen molar-refractivity contribution >= 4 is 11.7 Å². The molecule has 5 rings (SSSR count).